The van der Waals surface area contributed by atoms with E-state index in [4.69, 9.17) is 5.73 Å². The summed E-state index contributed by atoms with van der Waals surface area (Å²) in [5.74, 6) is 2.11. The van der Waals surface area contributed by atoms with Crippen molar-refractivity contribution in [3.63, 3.8) is 0 Å². The van der Waals surface area contributed by atoms with Gasteiger partial charge in [-0.1, -0.05) is 33.3 Å². The number of rotatable bonds is 3. The smallest absolute Gasteiger partial charge is 0.127 e. The Labute approximate surface area is 123 Å². The first kappa shape index (κ1) is 15.3. The van der Waals surface area contributed by atoms with Crippen molar-refractivity contribution < 1.29 is 0 Å². The second kappa shape index (κ2) is 5.72. The molecule has 1 aliphatic carbocycles. The molecule has 3 N–H and O–H groups in total. The number of aryl methyl sites for hydroxylation is 1. The maximum Gasteiger partial charge on any atom is 0.127 e. The van der Waals surface area contributed by atoms with E-state index >= 15 is 0 Å². The molecule has 0 saturated heterocycles. The van der Waals surface area contributed by atoms with E-state index in [2.05, 4.69) is 51.1 Å². The van der Waals surface area contributed by atoms with Crippen molar-refractivity contribution in [1.29, 1.82) is 0 Å². The number of nitrogen functional groups attached to an aromatic ring is 1. The van der Waals surface area contributed by atoms with Crippen molar-refractivity contribution in [2.75, 3.05) is 12.8 Å². The Balaban J connectivity index is 2.35. The number of anilines is 1. The fourth-order valence-electron chi connectivity index (χ4n) is 3.86. The minimum absolute atomic E-state index is 0.0525. The highest BCUT2D eigenvalue weighted by atomic mass is 14.9. The van der Waals surface area contributed by atoms with Gasteiger partial charge in [0.1, 0.15) is 5.82 Å². The lowest BCUT2D eigenvalue weighted by atomic mass is 9.63. The highest BCUT2D eigenvalue weighted by molar-refractivity contribution is 5.46. The fraction of sp³-hybridized carbons (Fsp3) is 0.706. The molecule has 20 heavy (non-hydrogen) atoms. The van der Waals surface area contributed by atoms with Crippen molar-refractivity contribution in [2.45, 2.75) is 58.4 Å². The fourth-order valence-corrected chi connectivity index (χ4v) is 3.86. The number of nitrogens with one attached hydrogen (secondary N) is 1. The minimum atomic E-state index is 0.0525. The van der Waals surface area contributed by atoms with Gasteiger partial charge >= 0.3 is 0 Å². The molecular formula is C17H29N3. The van der Waals surface area contributed by atoms with E-state index < -0.39 is 0 Å². The molecule has 1 aliphatic rings. The quantitative estimate of drug-likeness (QED) is 0.890. The Kier molecular flexibility index (Phi) is 4.38. The molecule has 0 aromatic carbocycles. The van der Waals surface area contributed by atoms with Crippen LogP contribution in [0, 0.1) is 18.8 Å². The van der Waals surface area contributed by atoms with Crippen LogP contribution in [0.2, 0.25) is 0 Å². The SMILES string of the molecule is CNC1CC(C)CCC1C(C)(C)c1cc(C)cnc1N. The van der Waals surface area contributed by atoms with Crippen LogP contribution in [0.25, 0.3) is 0 Å². The Bertz CT molecular complexity index is 467. The van der Waals surface area contributed by atoms with Gasteiger partial charge in [0.15, 0.2) is 0 Å². The van der Waals surface area contributed by atoms with Gasteiger partial charge in [0.2, 0.25) is 0 Å². The lowest BCUT2D eigenvalue weighted by molar-refractivity contribution is 0.151. The third-order valence-electron chi connectivity index (χ3n) is 5.16. The lowest BCUT2D eigenvalue weighted by Crippen LogP contribution is -2.47. The molecule has 1 saturated carbocycles. The average molecular weight is 275 g/mol. The van der Waals surface area contributed by atoms with Gasteiger partial charge in [-0.15, -0.1) is 0 Å². The van der Waals surface area contributed by atoms with E-state index in [0.717, 1.165) is 5.92 Å². The number of hydrogen-bond donors (Lipinski definition) is 2. The van der Waals surface area contributed by atoms with Gasteiger partial charge in [-0.3, -0.25) is 0 Å². The molecule has 1 fully saturated rings. The van der Waals surface area contributed by atoms with Gasteiger partial charge < -0.3 is 11.1 Å². The molecule has 0 aliphatic heterocycles. The summed E-state index contributed by atoms with van der Waals surface area (Å²) in [7, 11) is 2.09. The van der Waals surface area contributed by atoms with Crippen molar-refractivity contribution in [2.24, 2.45) is 11.8 Å². The van der Waals surface area contributed by atoms with E-state index in [1.165, 1.54) is 30.4 Å². The maximum absolute atomic E-state index is 6.16. The summed E-state index contributed by atoms with van der Waals surface area (Å²) in [5, 5.41) is 3.53. The third-order valence-corrected chi connectivity index (χ3v) is 5.16. The molecular weight excluding hydrogens is 246 g/mol. The van der Waals surface area contributed by atoms with E-state index in [9.17, 15) is 0 Å². The topological polar surface area (TPSA) is 50.9 Å². The van der Waals surface area contributed by atoms with Crippen LogP contribution in [0.5, 0.6) is 0 Å². The number of aromatic nitrogens is 1. The Morgan fingerprint density at radius 1 is 1.35 bits per heavy atom. The van der Waals surface area contributed by atoms with Crippen LogP contribution in [0.4, 0.5) is 5.82 Å². The minimum Gasteiger partial charge on any atom is -0.383 e. The Morgan fingerprint density at radius 2 is 2.05 bits per heavy atom. The molecule has 2 rings (SSSR count). The third kappa shape index (κ3) is 2.83. The van der Waals surface area contributed by atoms with Gasteiger partial charge in [0.05, 0.1) is 0 Å². The Hall–Kier alpha value is -1.09. The van der Waals surface area contributed by atoms with E-state index in [0.29, 0.717) is 17.8 Å². The van der Waals surface area contributed by atoms with Gasteiger partial charge in [-0.05, 0) is 49.6 Å². The zero-order valence-electron chi connectivity index (χ0n) is 13.5. The molecule has 112 valence electrons. The molecule has 0 radical (unpaired) electrons. The summed E-state index contributed by atoms with van der Waals surface area (Å²) in [5.41, 5.74) is 8.61. The molecule has 0 bridgehead atoms. The highest BCUT2D eigenvalue weighted by Gasteiger charge is 2.40. The van der Waals surface area contributed by atoms with Crippen LogP contribution in [-0.2, 0) is 5.41 Å². The molecule has 1 heterocycles. The summed E-state index contributed by atoms with van der Waals surface area (Å²) >= 11 is 0. The van der Waals surface area contributed by atoms with Crippen LogP contribution >= 0.6 is 0 Å². The summed E-state index contributed by atoms with van der Waals surface area (Å²) in [4.78, 5) is 4.36. The van der Waals surface area contributed by atoms with Crippen molar-refractivity contribution in [3.8, 4) is 0 Å². The molecule has 3 heteroatoms. The molecule has 1 aromatic heterocycles. The first-order chi connectivity index (χ1) is 9.36. The number of hydrogen-bond acceptors (Lipinski definition) is 3. The average Bonchev–Trinajstić information content (AvgIpc) is 2.40. The van der Waals surface area contributed by atoms with E-state index in [1.54, 1.807) is 0 Å². The van der Waals surface area contributed by atoms with Gasteiger partial charge in [-0.25, -0.2) is 4.98 Å². The number of nitrogens with zero attached hydrogens (tertiary/aromatic N) is 1. The second-order valence-corrected chi connectivity index (χ2v) is 7.09. The summed E-state index contributed by atoms with van der Waals surface area (Å²) in [6.45, 7) is 9.09. The molecule has 3 unspecified atom stereocenters. The summed E-state index contributed by atoms with van der Waals surface area (Å²) in [6.07, 6.45) is 5.68. The largest absolute Gasteiger partial charge is 0.383 e. The van der Waals surface area contributed by atoms with Gasteiger partial charge in [0.25, 0.3) is 0 Å². The van der Waals surface area contributed by atoms with Crippen molar-refractivity contribution >= 4 is 5.82 Å². The first-order valence-electron chi connectivity index (χ1n) is 7.76. The molecule has 1 aromatic rings. The first-order valence-corrected chi connectivity index (χ1v) is 7.76. The predicted octanol–water partition coefficient (Wildman–Crippen LogP) is 3.27. The van der Waals surface area contributed by atoms with E-state index in [-0.39, 0.29) is 5.41 Å². The van der Waals surface area contributed by atoms with Gasteiger partial charge in [0, 0.05) is 17.8 Å². The second-order valence-electron chi connectivity index (χ2n) is 7.09. The lowest BCUT2D eigenvalue weighted by Gasteiger charge is -2.44. The zero-order chi connectivity index (χ0) is 14.9. The number of pyridine rings is 1. The molecule has 3 nitrogen and oxygen atoms in total. The Morgan fingerprint density at radius 3 is 2.70 bits per heavy atom. The van der Waals surface area contributed by atoms with Crippen LogP contribution in [0.3, 0.4) is 0 Å². The zero-order valence-corrected chi connectivity index (χ0v) is 13.5. The normalized spacial score (nSPS) is 27.6. The van der Waals surface area contributed by atoms with Crippen LogP contribution in [0.15, 0.2) is 12.3 Å². The highest BCUT2D eigenvalue weighted by Crippen LogP contribution is 2.43. The molecule has 0 amide bonds. The standard InChI is InChI=1S/C17H29N3/c1-11-6-7-13(15(9-11)19-5)17(3,4)14-8-12(2)10-20-16(14)18/h8,10-11,13,15,19H,6-7,9H2,1-5H3,(H2,18,20). The predicted molar refractivity (Wildman–Crippen MR) is 85.8 cm³/mol. The molecule has 3 atom stereocenters. The van der Waals surface area contributed by atoms with Crippen molar-refractivity contribution in [3.05, 3.63) is 23.4 Å². The van der Waals surface area contributed by atoms with Crippen LogP contribution in [0.1, 0.15) is 51.2 Å². The maximum atomic E-state index is 6.16. The van der Waals surface area contributed by atoms with Crippen LogP contribution < -0.4 is 11.1 Å². The van der Waals surface area contributed by atoms with E-state index in [1.807, 2.05) is 6.20 Å². The van der Waals surface area contributed by atoms with Gasteiger partial charge in [-0.2, -0.15) is 0 Å². The molecule has 0 spiro atoms. The van der Waals surface area contributed by atoms with Crippen molar-refractivity contribution in [1.82, 2.24) is 10.3 Å². The monoisotopic (exact) mass is 275 g/mol. The summed E-state index contributed by atoms with van der Waals surface area (Å²) < 4.78 is 0. The van der Waals surface area contributed by atoms with Crippen LogP contribution in [-0.4, -0.2) is 18.1 Å². The number of nitrogens with two attached hydrogens (primary N) is 1. The summed E-state index contributed by atoms with van der Waals surface area (Å²) in [6, 6.07) is 2.78.